The molecule has 0 aromatic heterocycles. The SMILES string of the molecule is CC(C)C[CH-]O.[2H][CH2-].[W+2]. The molecule has 0 amide bonds. The van der Waals surface area contributed by atoms with Gasteiger partial charge in [-0.15, -0.1) is 0 Å². The molecule has 0 saturated heterocycles. The summed E-state index contributed by atoms with van der Waals surface area (Å²) in [6.45, 7) is 5.32. The molecule has 2 heteroatoms. The second-order valence-corrected chi connectivity index (χ2v) is 1.81. The summed E-state index contributed by atoms with van der Waals surface area (Å²) >= 11 is 0. The first kappa shape index (κ1) is 11.4. The van der Waals surface area contributed by atoms with Crippen molar-refractivity contribution in [1.82, 2.24) is 0 Å². The summed E-state index contributed by atoms with van der Waals surface area (Å²) in [7, 11) is 2.50. The molecule has 0 aliphatic rings. The van der Waals surface area contributed by atoms with Crippen molar-refractivity contribution in [3.05, 3.63) is 14.0 Å². The minimum atomic E-state index is 0. The van der Waals surface area contributed by atoms with E-state index in [1.165, 1.54) is 6.61 Å². The fourth-order valence-corrected chi connectivity index (χ4v) is 0.211. The van der Waals surface area contributed by atoms with E-state index in [1.54, 1.807) is 0 Å². The summed E-state index contributed by atoms with van der Waals surface area (Å²) in [5.41, 5.74) is 0. The van der Waals surface area contributed by atoms with Crippen LogP contribution < -0.4 is 0 Å². The molecule has 0 heterocycles. The number of aliphatic hydroxyl groups excluding tert-OH is 1. The smallest absolute Gasteiger partial charge is 0.566 e. The van der Waals surface area contributed by atoms with E-state index >= 15 is 0 Å². The number of hydrogen-bond donors (Lipinski definition) is 1. The molecule has 0 saturated carbocycles. The van der Waals surface area contributed by atoms with E-state index in [0.717, 1.165) is 6.42 Å². The first-order chi connectivity index (χ1) is 3.77. The normalized spacial score (nSPS) is 8.38. The zero-order valence-corrected chi connectivity index (χ0v) is 8.36. The second kappa shape index (κ2) is 10.6. The van der Waals surface area contributed by atoms with Crippen LogP contribution in [-0.2, 0) is 21.1 Å². The van der Waals surface area contributed by atoms with E-state index in [0.29, 0.717) is 5.92 Å². The fraction of sp³-hybridized carbons (Fsp3) is 0.667. The van der Waals surface area contributed by atoms with Crippen molar-refractivity contribution in [2.45, 2.75) is 20.3 Å². The van der Waals surface area contributed by atoms with Crippen LogP contribution in [0.3, 0.4) is 0 Å². The molecule has 8 heavy (non-hydrogen) atoms. The Hall–Kier alpha value is 0.648. The zero-order valence-electron chi connectivity index (χ0n) is 6.42. The molecule has 0 rings (SSSR count). The molecule has 1 nitrogen and oxygen atoms in total. The fourth-order valence-electron chi connectivity index (χ4n) is 0.211. The average Bonchev–Trinajstić information content (AvgIpc) is 1.72. The van der Waals surface area contributed by atoms with Crippen molar-refractivity contribution in [1.29, 1.82) is 0 Å². The van der Waals surface area contributed by atoms with Crippen LogP contribution >= 0.6 is 0 Å². The van der Waals surface area contributed by atoms with E-state index in [-0.39, 0.29) is 21.1 Å². The van der Waals surface area contributed by atoms with Gasteiger partial charge >= 0.3 is 21.1 Å². The summed E-state index contributed by atoms with van der Waals surface area (Å²) in [4.78, 5) is 0. The summed E-state index contributed by atoms with van der Waals surface area (Å²) < 4.78 is 5.50. The molecule has 0 unspecified atom stereocenters. The summed E-state index contributed by atoms with van der Waals surface area (Å²) in [5.74, 6) is 0.593. The van der Waals surface area contributed by atoms with Gasteiger partial charge in [0.15, 0.2) is 0 Å². The van der Waals surface area contributed by atoms with Gasteiger partial charge in [-0.3, -0.25) is 0 Å². The number of aliphatic hydroxyl groups is 1. The topological polar surface area (TPSA) is 20.2 Å². The Labute approximate surface area is 68.2 Å². The van der Waals surface area contributed by atoms with Gasteiger partial charge in [0.1, 0.15) is 0 Å². The van der Waals surface area contributed by atoms with Crippen molar-refractivity contribution in [3.8, 4) is 0 Å². The average molecular weight is 287 g/mol. The Balaban J connectivity index is -0.000000109. The maximum atomic E-state index is 8.11. The molecule has 0 aromatic carbocycles. The Kier molecular flexibility index (Phi) is 15.2. The summed E-state index contributed by atoms with van der Waals surface area (Å²) in [6.07, 6.45) is 0.806. The van der Waals surface area contributed by atoms with E-state index < -0.39 is 0 Å². The third-order valence-electron chi connectivity index (χ3n) is 0.577. The molecule has 50 valence electrons. The summed E-state index contributed by atoms with van der Waals surface area (Å²) in [5, 5.41) is 8.11. The van der Waals surface area contributed by atoms with Gasteiger partial charge < -0.3 is 12.5 Å². The third kappa shape index (κ3) is 15.9. The maximum absolute atomic E-state index is 8.11. The molecule has 0 fully saturated rings. The molecule has 1 N–H and O–H groups in total. The minimum absolute atomic E-state index is 0. The van der Waals surface area contributed by atoms with Gasteiger partial charge in [0, 0.05) is 0 Å². The van der Waals surface area contributed by atoms with Crippen LogP contribution in [0.5, 0.6) is 0 Å². The molecule has 0 aliphatic carbocycles. The van der Waals surface area contributed by atoms with Gasteiger partial charge in [-0.25, -0.2) is 7.98 Å². The van der Waals surface area contributed by atoms with E-state index in [9.17, 15) is 0 Å². The second-order valence-electron chi connectivity index (χ2n) is 1.81. The molecular formula is C6H14OW. The van der Waals surface area contributed by atoms with Crippen molar-refractivity contribution in [3.63, 3.8) is 0 Å². The van der Waals surface area contributed by atoms with Gasteiger partial charge in [0.2, 0.25) is 0 Å². The van der Waals surface area contributed by atoms with Crippen molar-refractivity contribution < 1.29 is 27.5 Å². The van der Waals surface area contributed by atoms with Crippen LogP contribution in [0.15, 0.2) is 0 Å². The van der Waals surface area contributed by atoms with Crippen LogP contribution in [0.2, 0.25) is 0 Å². The van der Waals surface area contributed by atoms with Gasteiger partial charge in [0.25, 0.3) is 0 Å². The van der Waals surface area contributed by atoms with Crippen molar-refractivity contribution >= 4 is 0 Å². The minimum Gasteiger partial charge on any atom is -0.566 e. The van der Waals surface area contributed by atoms with Gasteiger partial charge in [0.05, 0.1) is 0 Å². The molecule has 0 atom stereocenters. The monoisotopic (exact) mass is 287 g/mol. The summed E-state index contributed by atoms with van der Waals surface area (Å²) in [6, 6.07) is 0. The van der Waals surface area contributed by atoms with Gasteiger partial charge in [-0.2, -0.15) is 6.42 Å². The third-order valence-corrected chi connectivity index (χ3v) is 0.577. The first-order valence-electron chi connectivity index (χ1n) is 2.94. The zero-order chi connectivity index (χ0) is 6.99. The van der Waals surface area contributed by atoms with Crippen LogP contribution in [-0.4, -0.2) is 5.11 Å². The van der Waals surface area contributed by atoms with Gasteiger partial charge in [-0.05, 0) is 0 Å². The Morgan fingerprint density at radius 3 is 2.12 bits per heavy atom. The van der Waals surface area contributed by atoms with Crippen molar-refractivity contribution in [2.75, 3.05) is 0 Å². The van der Waals surface area contributed by atoms with Crippen LogP contribution in [0.1, 0.15) is 21.6 Å². The largest absolute Gasteiger partial charge is 2.00 e. The number of hydrogen-bond acceptors (Lipinski definition) is 1. The Morgan fingerprint density at radius 2 is 2.12 bits per heavy atom. The number of rotatable bonds is 2. The quantitative estimate of drug-likeness (QED) is 0.770. The van der Waals surface area contributed by atoms with Crippen LogP contribution in [0.4, 0.5) is 0 Å². The molecule has 0 bridgehead atoms. The van der Waals surface area contributed by atoms with E-state index in [2.05, 4.69) is 21.3 Å². The predicted molar refractivity (Wildman–Crippen MR) is 32.1 cm³/mol. The maximum Gasteiger partial charge on any atom is 2.00 e. The molecule has 0 radical (unpaired) electrons. The van der Waals surface area contributed by atoms with Gasteiger partial charge in [-0.1, -0.05) is 19.8 Å². The first-order valence-corrected chi connectivity index (χ1v) is 2.23. The Morgan fingerprint density at radius 1 is 1.75 bits per heavy atom. The van der Waals surface area contributed by atoms with Crippen LogP contribution in [0, 0.1) is 19.9 Å². The van der Waals surface area contributed by atoms with Crippen LogP contribution in [0.25, 0.3) is 0 Å². The molecule has 0 aliphatic heterocycles. The molecule has 0 aromatic rings. The predicted octanol–water partition coefficient (Wildman–Crippen LogP) is 2.01. The van der Waals surface area contributed by atoms with Crippen molar-refractivity contribution in [2.24, 2.45) is 5.92 Å². The van der Waals surface area contributed by atoms with E-state index in [4.69, 9.17) is 6.48 Å². The standard InChI is InChI=1S/C5H11O.CH3.W/c1-5(2)3-4-6;;/h4-6H,3H2,1-2H3;1H3;/q2*-1;+2/i;1D;. The van der Waals surface area contributed by atoms with E-state index in [1.807, 2.05) is 0 Å². The molecule has 0 spiro atoms. The Bertz CT molecular complexity index is 34.2. The molecular weight excluding hydrogens is 272 g/mol.